The second-order valence-electron chi connectivity index (χ2n) is 4.28. The molecule has 0 aliphatic carbocycles. The maximum Gasteiger partial charge on any atom is 0.251 e. The SMILES string of the molecule is CCSc1ccc(C(=O)NCC(C)CCO)cc1. The number of hydrogen-bond acceptors (Lipinski definition) is 3. The number of thioether (sulfide) groups is 1. The van der Waals surface area contributed by atoms with Crippen LogP contribution in [0.4, 0.5) is 0 Å². The molecular formula is C14H21NO2S. The molecule has 0 aromatic heterocycles. The lowest BCUT2D eigenvalue weighted by Gasteiger charge is -2.11. The molecule has 3 nitrogen and oxygen atoms in total. The van der Waals surface area contributed by atoms with Crippen LogP contribution in [0, 0.1) is 5.92 Å². The van der Waals surface area contributed by atoms with E-state index in [1.165, 1.54) is 4.90 Å². The largest absolute Gasteiger partial charge is 0.396 e. The van der Waals surface area contributed by atoms with Crippen molar-refractivity contribution >= 4 is 17.7 Å². The summed E-state index contributed by atoms with van der Waals surface area (Å²) >= 11 is 1.76. The van der Waals surface area contributed by atoms with Crippen LogP contribution in [0.1, 0.15) is 30.6 Å². The zero-order valence-corrected chi connectivity index (χ0v) is 11.8. The van der Waals surface area contributed by atoms with Gasteiger partial charge in [0.25, 0.3) is 5.91 Å². The first-order chi connectivity index (χ1) is 8.67. The quantitative estimate of drug-likeness (QED) is 0.746. The Labute approximate surface area is 113 Å². The van der Waals surface area contributed by atoms with Crippen LogP contribution in [0.2, 0.25) is 0 Å². The van der Waals surface area contributed by atoms with Crippen LogP contribution >= 0.6 is 11.8 Å². The summed E-state index contributed by atoms with van der Waals surface area (Å²) < 4.78 is 0. The predicted octanol–water partition coefficient (Wildman–Crippen LogP) is 2.55. The lowest BCUT2D eigenvalue weighted by atomic mass is 10.1. The molecule has 1 rings (SSSR count). The van der Waals surface area contributed by atoms with Crippen molar-refractivity contribution in [2.45, 2.75) is 25.2 Å². The molecule has 1 unspecified atom stereocenters. The van der Waals surface area contributed by atoms with Gasteiger partial charge in [0.05, 0.1) is 0 Å². The van der Waals surface area contributed by atoms with Gasteiger partial charge in [-0.1, -0.05) is 13.8 Å². The molecule has 0 aliphatic rings. The molecule has 0 radical (unpaired) electrons. The number of aliphatic hydroxyl groups excluding tert-OH is 1. The highest BCUT2D eigenvalue weighted by atomic mass is 32.2. The number of benzene rings is 1. The Hall–Kier alpha value is -1.00. The molecule has 0 bridgehead atoms. The molecule has 0 heterocycles. The van der Waals surface area contributed by atoms with Gasteiger partial charge in [0.2, 0.25) is 0 Å². The minimum atomic E-state index is -0.0483. The van der Waals surface area contributed by atoms with Crippen LogP contribution in [0.3, 0.4) is 0 Å². The zero-order chi connectivity index (χ0) is 13.4. The number of carbonyl (C=O) groups excluding carboxylic acids is 1. The average molecular weight is 267 g/mol. The Morgan fingerprint density at radius 3 is 2.61 bits per heavy atom. The Balaban J connectivity index is 2.46. The third-order valence-corrected chi connectivity index (χ3v) is 3.55. The van der Waals surface area contributed by atoms with E-state index in [1.54, 1.807) is 11.8 Å². The van der Waals surface area contributed by atoms with Crippen molar-refractivity contribution in [1.82, 2.24) is 5.32 Å². The average Bonchev–Trinajstić information content (AvgIpc) is 2.37. The van der Waals surface area contributed by atoms with Crippen LogP contribution in [-0.2, 0) is 0 Å². The van der Waals surface area contributed by atoms with Crippen LogP contribution in [0.15, 0.2) is 29.2 Å². The summed E-state index contributed by atoms with van der Waals surface area (Å²) in [5, 5.41) is 11.7. The molecule has 0 fully saturated rings. The van der Waals surface area contributed by atoms with E-state index >= 15 is 0 Å². The van der Waals surface area contributed by atoms with Gasteiger partial charge in [0.15, 0.2) is 0 Å². The van der Waals surface area contributed by atoms with Gasteiger partial charge in [0, 0.05) is 23.6 Å². The fourth-order valence-electron chi connectivity index (χ4n) is 1.56. The van der Waals surface area contributed by atoms with Crippen molar-refractivity contribution in [3.63, 3.8) is 0 Å². The molecule has 0 spiro atoms. The Kier molecular flexibility index (Phi) is 6.83. The van der Waals surface area contributed by atoms with Crippen molar-refractivity contribution in [3.05, 3.63) is 29.8 Å². The van der Waals surface area contributed by atoms with Gasteiger partial charge in [-0.05, 0) is 42.4 Å². The monoisotopic (exact) mass is 267 g/mol. The van der Waals surface area contributed by atoms with Gasteiger partial charge in [-0.3, -0.25) is 4.79 Å². The third-order valence-electron chi connectivity index (χ3n) is 2.66. The smallest absolute Gasteiger partial charge is 0.251 e. The first kappa shape index (κ1) is 15.1. The molecule has 2 N–H and O–H groups in total. The third kappa shape index (κ3) is 5.10. The van der Waals surface area contributed by atoms with Crippen LogP contribution in [0.25, 0.3) is 0 Å². The molecule has 1 aromatic carbocycles. The van der Waals surface area contributed by atoms with E-state index in [9.17, 15) is 4.79 Å². The molecule has 1 atom stereocenters. The highest BCUT2D eigenvalue weighted by Gasteiger charge is 2.07. The van der Waals surface area contributed by atoms with Crippen molar-refractivity contribution in [3.8, 4) is 0 Å². The van der Waals surface area contributed by atoms with E-state index in [0.29, 0.717) is 24.4 Å². The van der Waals surface area contributed by atoms with Crippen molar-refractivity contribution < 1.29 is 9.90 Å². The summed E-state index contributed by atoms with van der Waals surface area (Å²) in [5.41, 5.74) is 0.687. The van der Waals surface area contributed by atoms with Gasteiger partial charge < -0.3 is 10.4 Å². The predicted molar refractivity (Wildman–Crippen MR) is 76.0 cm³/mol. The Morgan fingerprint density at radius 2 is 2.06 bits per heavy atom. The lowest BCUT2D eigenvalue weighted by Crippen LogP contribution is -2.28. The highest BCUT2D eigenvalue weighted by molar-refractivity contribution is 7.99. The molecule has 4 heteroatoms. The molecule has 1 amide bonds. The van der Waals surface area contributed by atoms with Gasteiger partial charge in [-0.25, -0.2) is 0 Å². The molecule has 100 valence electrons. The first-order valence-electron chi connectivity index (χ1n) is 6.29. The normalized spacial score (nSPS) is 12.2. The van der Waals surface area contributed by atoms with Gasteiger partial charge in [-0.2, -0.15) is 0 Å². The van der Waals surface area contributed by atoms with E-state index in [1.807, 2.05) is 31.2 Å². The molecule has 0 saturated heterocycles. The number of rotatable bonds is 7. The summed E-state index contributed by atoms with van der Waals surface area (Å²) in [6, 6.07) is 7.65. The second kappa shape index (κ2) is 8.16. The number of amides is 1. The van der Waals surface area contributed by atoms with E-state index in [-0.39, 0.29) is 12.5 Å². The van der Waals surface area contributed by atoms with E-state index in [4.69, 9.17) is 5.11 Å². The van der Waals surface area contributed by atoms with E-state index in [2.05, 4.69) is 12.2 Å². The molecule has 1 aromatic rings. The minimum absolute atomic E-state index is 0.0483. The lowest BCUT2D eigenvalue weighted by molar-refractivity contribution is 0.0945. The molecule has 0 aliphatic heterocycles. The molecule has 18 heavy (non-hydrogen) atoms. The van der Waals surface area contributed by atoms with Crippen molar-refractivity contribution in [2.75, 3.05) is 18.9 Å². The molecule has 0 saturated carbocycles. The van der Waals surface area contributed by atoms with E-state index < -0.39 is 0 Å². The topological polar surface area (TPSA) is 49.3 Å². The number of nitrogens with one attached hydrogen (secondary N) is 1. The standard InChI is InChI=1S/C14H21NO2S/c1-3-18-13-6-4-12(5-7-13)14(17)15-10-11(2)8-9-16/h4-7,11,16H,3,8-10H2,1-2H3,(H,15,17). The van der Waals surface area contributed by atoms with Gasteiger partial charge in [-0.15, -0.1) is 11.8 Å². The van der Waals surface area contributed by atoms with Crippen molar-refractivity contribution in [2.24, 2.45) is 5.92 Å². The zero-order valence-electron chi connectivity index (χ0n) is 11.0. The Morgan fingerprint density at radius 1 is 1.39 bits per heavy atom. The van der Waals surface area contributed by atoms with Crippen LogP contribution in [-0.4, -0.2) is 29.9 Å². The summed E-state index contributed by atoms with van der Waals surface area (Å²) in [6.07, 6.45) is 0.715. The Bertz CT molecular complexity index is 365. The summed E-state index contributed by atoms with van der Waals surface area (Å²) in [6.45, 7) is 4.89. The second-order valence-corrected chi connectivity index (χ2v) is 5.62. The summed E-state index contributed by atoms with van der Waals surface area (Å²) in [4.78, 5) is 13.0. The van der Waals surface area contributed by atoms with Gasteiger partial charge in [0.1, 0.15) is 0 Å². The van der Waals surface area contributed by atoms with Gasteiger partial charge >= 0.3 is 0 Å². The maximum atomic E-state index is 11.8. The highest BCUT2D eigenvalue weighted by Crippen LogP contribution is 2.17. The summed E-state index contributed by atoms with van der Waals surface area (Å²) in [5.74, 6) is 1.28. The first-order valence-corrected chi connectivity index (χ1v) is 7.27. The molecular weight excluding hydrogens is 246 g/mol. The van der Waals surface area contributed by atoms with Crippen molar-refractivity contribution in [1.29, 1.82) is 0 Å². The maximum absolute atomic E-state index is 11.8. The summed E-state index contributed by atoms with van der Waals surface area (Å²) in [7, 11) is 0. The van der Waals surface area contributed by atoms with E-state index in [0.717, 1.165) is 5.75 Å². The fraction of sp³-hybridized carbons (Fsp3) is 0.500. The van der Waals surface area contributed by atoms with Crippen LogP contribution < -0.4 is 5.32 Å². The number of aliphatic hydroxyl groups is 1. The van der Waals surface area contributed by atoms with Crippen LogP contribution in [0.5, 0.6) is 0 Å². The number of carbonyl (C=O) groups is 1. The minimum Gasteiger partial charge on any atom is -0.396 e. The fourth-order valence-corrected chi connectivity index (χ4v) is 2.22. The number of hydrogen-bond donors (Lipinski definition) is 2.